The molecule has 172 valence electrons. The molecule has 4 rings (SSSR count). The van der Waals surface area contributed by atoms with E-state index in [2.05, 4.69) is 5.32 Å². The first kappa shape index (κ1) is 22.6. The Morgan fingerprint density at radius 3 is 2.68 bits per heavy atom. The van der Waals surface area contributed by atoms with Gasteiger partial charge in [0, 0.05) is 31.8 Å². The second kappa shape index (κ2) is 8.71. The summed E-state index contributed by atoms with van der Waals surface area (Å²) in [5.41, 5.74) is -0.419. The van der Waals surface area contributed by atoms with Gasteiger partial charge in [-0.1, -0.05) is 13.0 Å². The number of halogens is 3. The fourth-order valence-electron chi connectivity index (χ4n) is 5.44. The second-order valence-electron chi connectivity index (χ2n) is 9.24. The molecule has 1 amide bonds. The Hall–Kier alpha value is -1.64. The minimum absolute atomic E-state index is 0.0478. The molecule has 0 bridgehead atoms. The number of alkyl halides is 3. The van der Waals surface area contributed by atoms with Crippen LogP contribution >= 0.6 is 0 Å². The monoisotopic (exact) mass is 440 g/mol. The van der Waals surface area contributed by atoms with Gasteiger partial charge < -0.3 is 20.1 Å². The first-order valence-corrected chi connectivity index (χ1v) is 11.2. The molecule has 1 saturated carbocycles. The number of carbonyl (C=O) groups is 1. The molecule has 0 spiro atoms. The first-order chi connectivity index (χ1) is 14.7. The van der Waals surface area contributed by atoms with Crippen LogP contribution in [-0.4, -0.2) is 47.8 Å². The fourth-order valence-corrected chi connectivity index (χ4v) is 5.44. The van der Waals surface area contributed by atoms with E-state index in [1.807, 2.05) is 6.92 Å². The molecule has 2 fully saturated rings. The summed E-state index contributed by atoms with van der Waals surface area (Å²) in [5.74, 6) is -0.0478. The lowest BCUT2D eigenvalue weighted by Crippen LogP contribution is -2.47. The summed E-state index contributed by atoms with van der Waals surface area (Å²) in [5, 5.41) is 14.2. The van der Waals surface area contributed by atoms with Crippen LogP contribution in [0.1, 0.15) is 68.2 Å². The van der Waals surface area contributed by atoms with Gasteiger partial charge in [-0.15, -0.1) is 0 Å². The highest BCUT2D eigenvalue weighted by atomic mass is 19.4. The molecule has 3 atom stereocenters. The normalized spacial score (nSPS) is 29.8. The quantitative estimate of drug-likeness (QED) is 0.748. The highest BCUT2D eigenvalue weighted by molar-refractivity contribution is 5.83. The maximum Gasteiger partial charge on any atom is 0.416 e. The van der Waals surface area contributed by atoms with Gasteiger partial charge in [-0.05, 0) is 61.8 Å². The zero-order valence-electron chi connectivity index (χ0n) is 17.9. The third-order valence-corrected chi connectivity index (χ3v) is 7.30. The minimum Gasteiger partial charge on any atom is -0.387 e. The van der Waals surface area contributed by atoms with E-state index < -0.39 is 23.3 Å². The van der Waals surface area contributed by atoms with Crippen molar-refractivity contribution in [3.05, 3.63) is 34.9 Å². The van der Waals surface area contributed by atoms with E-state index in [0.717, 1.165) is 57.5 Å². The Morgan fingerprint density at radius 2 is 2.00 bits per heavy atom. The summed E-state index contributed by atoms with van der Waals surface area (Å²) in [6.45, 7) is 3.75. The molecule has 2 heterocycles. The molecular formula is C23H31F3N2O3. The molecule has 1 saturated heterocycles. The maximum atomic E-state index is 13.6. The van der Waals surface area contributed by atoms with Crippen LogP contribution in [0.25, 0.3) is 0 Å². The molecule has 0 aromatic heterocycles. The standard InChI is InChI=1S/C23H31F3N2O3/c1-2-22(8-5-18(12-22)27-17-6-9-31-10-7-17)21(30)28-13-15-11-16(23(24,25)26)3-4-19(15)20(29)14-28/h3-4,11,17-18,20,27,29H,2,5-10,12-14H2,1H3/t18-,20?,22+/m1/s1. The Balaban J connectivity index is 1.48. The molecule has 5 nitrogen and oxygen atoms in total. The third kappa shape index (κ3) is 4.61. The van der Waals surface area contributed by atoms with E-state index in [0.29, 0.717) is 23.6 Å². The molecule has 1 aromatic carbocycles. The molecular weight excluding hydrogens is 409 g/mol. The largest absolute Gasteiger partial charge is 0.416 e. The first-order valence-electron chi connectivity index (χ1n) is 11.2. The average molecular weight is 441 g/mol. The summed E-state index contributed by atoms with van der Waals surface area (Å²) in [7, 11) is 0. The van der Waals surface area contributed by atoms with Crippen molar-refractivity contribution in [3.63, 3.8) is 0 Å². The summed E-state index contributed by atoms with van der Waals surface area (Å²) < 4.78 is 44.9. The minimum atomic E-state index is -4.45. The number of aliphatic hydroxyl groups excluding tert-OH is 1. The van der Waals surface area contributed by atoms with Crippen molar-refractivity contribution in [1.29, 1.82) is 0 Å². The maximum absolute atomic E-state index is 13.6. The summed E-state index contributed by atoms with van der Waals surface area (Å²) in [6, 6.07) is 4.07. The van der Waals surface area contributed by atoms with Crippen LogP contribution in [0, 0.1) is 5.41 Å². The van der Waals surface area contributed by atoms with Crippen LogP contribution in [0.15, 0.2) is 18.2 Å². The topological polar surface area (TPSA) is 61.8 Å². The van der Waals surface area contributed by atoms with Crippen LogP contribution in [0.3, 0.4) is 0 Å². The number of hydrogen-bond donors (Lipinski definition) is 2. The van der Waals surface area contributed by atoms with Gasteiger partial charge in [-0.2, -0.15) is 13.2 Å². The predicted molar refractivity (Wildman–Crippen MR) is 109 cm³/mol. The number of hydrogen-bond acceptors (Lipinski definition) is 4. The lowest BCUT2D eigenvalue weighted by molar-refractivity contribution is -0.145. The fraction of sp³-hybridized carbons (Fsp3) is 0.696. The summed E-state index contributed by atoms with van der Waals surface area (Å²) in [4.78, 5) is 15.1. The summed E-state index contributed by atoms with van der Waals surface area (Å²) >= 11 is 0. The average Bonchev–Trinajstić information content (AvgIpc) is 3.17. The van der Waals surface area contributed by atoms with Crippen LogP contribution in [0.4, 0.5) is 13.2 Å². The van der Waals surface area contributed by atoms with Crippen LogP contribution in [0.2, 0.25) is 0 Å². The van der Waals surface area contributed by atoms with Gasteiger partial charge in [-0.3, -0.25) is 4.79 Å². The van der Waals surface area contributed by atoms with Crippen molar-refractivity contribution >= 4 is 5.91 Å². The number of carbonyl (C=O) groups excluding carboxylic acids is 1. The van der Waals surface area contributed by atoms with E-state index in [9.17, 15) is 23.1 Å². The zero-order valence-corrected chi connectivity index (χ0v) is 17.9. The van der Waals surface area contributed by atoms with Gasteiger partial charge in [0.05, 0.1) is 23.6 Å². The molecule has 0 radical (unpaired) electrons. The van der Waals surface area contributed by atoms with Crippen molar-refractivity contribution in [1.82, 2.24) is 10.2 Å². The number of nitrogens with zero attached hydrogens (tertiary/aromatic N) is 1. The number of nitrogens with one attached hydrogen (secondary N) is 1. The van der Waals surface area contributed by atoms with E-state index in [1.165, 1.54) is 6.07 Å². The second-order valence-corrected chi connectivity index (χ2v) is 9.24. The van der Waals surface area contributed by atoms with Crippen LogP contribution in [0.5, 0.6) is 0 Å². The van der Waals surface area contributed by atoms with Crippen molar-refractivity contribution in [3.8, 4) is 0 Å². The van der Waals surface area contributed by atoms with Crippen molar-refractivity contribution in [2.75, 3.05) is 19.8 Å². The van der Waals surface area contributed by atoms with Gasteiger partial charge >= 0.3 is 6.18 Å². The van der Waals surface area contributed by atoms with Gasteiger partial charge in [0.2, 0.25) is 5.91 Å². The number of ether oxygens (including phenoxy) is 1. The van der Waals surface area contributed by atoms with Gasteiger partial charge in [-0.25, -0.2) is 0 Å². The van der Waals surface area contributed by atoms with Crippen LogP contribution in [-0.2, 0) is 22.3 Å². The molecule has 8 heteroatoms. The van der Waals surface area contributed by atoms with E-state index in [4.69, 9.17) is 4.74 Å². The van der Waals surface area contributed by atoms with Gasteiger partial charge in [0.1, 0.15) is 0 Å². The lowest BCUT2D eigenvalue weighted by atomic mass is 9.80. The third-order valence-electron chi connectivity index (χ3n) is 7.30. The van der Waals surface area contributed by atoms with Crippen LogP contribution < -0.4 is 5.32 Å². The smallest absolute Gasteiger partial charge is 0.387 e. The van der Waals surface area contributed by atoms with Gasteiger partial charge in [0.25, 0.3) is 0 Å². The number of aliphatic hydroxyl groups is 1. The molecule has 1 aliphatic carbocycles. The Morgan fingerprint density at radius 1 is 1.26 bits per heavy atom. The van der Waals surface area contributed by atoms with E-state index in [1.54, 1.807) is 4.90 Å². The van der Waals surface area contributed by atoms with E-state index in [-0.39, 0.29) is 25.0 Å². The SMILES string of the molecule is CC[C@]1(C(=O)N2Cc3cc(C(F)(F)F)ccc3C(O)C2)CC[C@@H](NC2CCOCC2)C1. The molecule has 2 aliphatic heterocycles. The zero-order chi connectivity index (χ0) is 22.2. The molecule has 3 aliphatic rings. The number of β-amino-alcohol motifs (C(OH)–C–C–N with tert-alkyl or cyclic N) is 1. The Bertz CT molecular complexity index is 810. The number of fused-ring (bicyclic) bond motifs is 1. The highest BCUT2D eigenvalue weighted by Crippen LogP contribution is 2.44. The number of amides is 1. The highest BCUT2D eigenvalue weighted by Gasteiger charge is 2.47. The molecule has 31 heavy (non-hydrogen) atoms. The molecule has 1 aromatic rings. The number of benzene rings is 1. The lowest BCUT2D eigenvalue weighted by Gasteiger charge is -2.39. The van der Waals surface area contributed by atoms with Gasteiger partial charge in [0.15, 0.2) is 0 Å². The molecule has 2 N–H and O–H groups in total. The Labute approximate surface area is 180 Å². The van der Waals surface area contributed by atoms with Crippen molar-refractivity contribution < 1.29 is 27.8 Å². The molecule has 1 unspecified atom stereocenters. The van der Waals surface area contributed by atoms with Crippen molar-refractivity contribution in [2.45, 2.75) is 76.4 Å². The van der Waals surface area contributed by atoms with E-state index >= 15 is 0 Å². The number of rotatable bonds is 4. The summed E-state index contributed by atoms with van der Waals surface area (Å²) in [6.07, 6.45) is -0.415. The van der Waals surface area contributed by atoms with Crippen molar-refractivity contribution in [2.24, 2.45) is 5.41 Å². The predicted octanol–water partition coefficient (Wildman–Crippen LogP) is 3.80. The Kier molecular flexibility index (Phi) is 6.34.